The topological polar surface area (TPSA) is 223 Å². The van der Waals surface area contributed by atoms with Crippen LogP contribution >= 0.6 is 0 Å². The normalized spacial score (nSPS) is 17.5. The third kappa shape index (κ3) is 11.1. The van der Waals surface area contributed by atoms with Gasteiger partial charge in [0.25, 0.3) is 0 Å². The fourth-order valence-corrected chi connectivity index (χ4v) is 3.37. The second-order valence-corrected chi connectivity index (χ2v) is 10.1. The van der Waals surface area contributed by atoms with Crippen molar-refractivity contribution in [2.24, 2.45) is 29.2 Å². The molecule has 38 heavy (non-hydrogen) atoms. The first kappa shape index (κ1) is 34.9. The van der Waals surface area contributed by atoms with Gasteiger partial charge in [0.2, 0.25) is 35.8 Å². The van der Waals surface area contributed by atoms with Crippen LogP contribution in [0.4, 0.5) is 0 Å². The molecule has 0 unspecified atom stereocenters. The van der Waals surface area contributed by atoms with Crippen LogP contribution in [0.15, 0.2) is 0 Å². The van der Waals surface area contributed by atoms with Crippen molar-refractivity contribution in [1.29, 1.82) is 0 Å². The summed E-state index contributed by atoms with van der Waals surface area (Å²) in [6.07, 6.45) is 0.996. The van der Waals surface area contributed by atoms with Crippen LogP contribution in [0.1, 0.15) is 67.7 Å². The third-order valence-electron chi connectivity index (χ3n) is 6.54. The van der Waals surface area contributed by atoms with E-state index in [4.69, 9.17) is 11.5 Å². The van der Waals surface area contributed by atoms with E-state index in [0.29, 0.717) is 12.8 Å². The van der Waals surface area contributed by atoms with Gasteiger partial charge in [0.05, 0.1) is 18.6 Å². The summed E-state index contributed by atoms with van der Waals surface area (Å²) in [5, 5.41) is 19.7. The molecule has 0 aliphatic rings. The molecule has 0 spiro atoms. The number of hydrogen-bond donors (Lipinski definition) is 7. The Morgan fingerprint density at radius 3 is 1.58 bits per heavy atom. The molecule has 9 N–H and O–H groups in total. The maximum absolute atomic E-state index is 13.3. The molecule has 13 heteroatoms. The van der Waals surface area contributed by atoms with Gasteiger partial charge >= 0.3 is 0 Å². The SMILES string of the molecule is CC[C@H](C)[C@H](NC(=O)[C@@H](N)[C@@H](C)O)C(=O)N[C@H](C(=O)N[C@@H](CC(N)=O)C(=O)N[C@H]([C]=O)C(C)C)[C@@H](C)CC. The number of nitrogens with one attached hydrogen (secondary N) is 4. The van der Waals surface area contributed by atoms with E-state index in [-0.39, 0.29) is 11.8 Å². The smallest absolute Gasteiger partial charge is 0.243 e. The Kier molecular flexibility index (Phi) is 15.4. The van der Waals surface area contributed by atoms with Crippen LogP contribution in [-0.4, -0.2) is 77.2 Å². The van der Waals surface area contributed by atoms with Crippen LogP contribution in [0.25, 0.3) is 0 Å². The second-order valence-electron chi connectivity index (χ2n) is 10.1. The zero-order valence-corrected chi connectivity index (χ0v) is 23.4. The molecular formula is C25H45N6O7. The fraction of sp³-hybridized carbons (Fsp3) is 0.760. The van der Waals surface area contributed by atoms with E-state index in [2.05, 4.69) is 21.3 Å². The minimum atomic E-state index is -1.40. The van der Waals surface area contributed by atoms with Gasteiger partial charge in [0.15, 0.2) is 0 Å². The number of amides is 5. The molecule has 0 heterocycles. The van der Waals surface area contributed by atoms with Crippen molar-refractivity contribution in [3.8, 4) is 0 Å². The molecule has 0 fully saturated rings. The Morgan fingerprint density at radius 2 is 1.21 bits per heavy atom. The summed E-state index contributed by atoms with van der Waals surface area (Å²) in [5.41, 5.74) is 11.0. The van der Waals surface area contributed by atoms with Crippen LogP contribution in [0.5, 0.6) is 0 Å². The zero-order valence-electron chi connectivity index (χ0n) is 23.4. The molecule has 0 aliphatic heterocycles. The fourth-order valence-electron chi connectivity index (χ4n) is 3.37. The summed E-state index contributed by atoms with van der Waals surface area (Å²) < 4.78 is 0. The van der Waals surface area contributed by atoms with Gasteiger partial charge in [-0.3, -0.25) is 28.8 Å². The molecule has 5 amide bonds. The molecule has 0 saturated heterocycles. The molecule has 0 bridgehead atoms. The van der Waals surface area contributed by atoms with Crippen molar-refractivity contribution in [2.75, 3.05) is 0 Å². The number of carbonyl (C=O) groups is 5. The lowest BCUT2D eigenvalue weighted by molar-refractivity contribution is -0.136. The van der Waals surface area contributed by atoms with E-state index in [1.165, 1.54) is 6.92 Å². The van der Waals surface area contributed by atoms with Crippen LogP contribution in [0.3, 0.4) is 0 Å². The number of primary amides is 1. The average molecular weight is 542 g/mol. The molecule has 0 rings (SSSR count). The summed E-state index contributed by atoms with van der Waals surface area (Å²) in [7, 11) is 0. The summed E-state index contributed by atoms with van der Waals surface area (Å²) in [4.78, 5) is 74.5. The lowest BCUT2D eigenvalue weighted by atomic mass is 9.94. The average Bonchev–Trinajstić information content (AvgIpc) is 2.85. The first-order valence-electron chi connectivity index (χ1n) is 12.9. The summed E-state index contributed by atoms with van der Waals surface area (Å²) >= 11 is 0. The van der Waals surface area contributed by atoms with Crippen molar-refractivity contribution in [3.05, 3.63) is 0 Å². The van der Waals surface area contributed by atoms with Crippen molar-refractivity contribution in [1.82, 2.24) is 21.3 Å². The van der Waals surface area contributed by atoms with Gasteiger partial charge in [-0.1, -0.05) is 54.4 Å². The Morgan fingerprint density at radius 1 is 0.763 bits per heavy atom. The number of aliphatic hydroxyl groups is 1. The minimum absolute atomic E-state index is 0.289. The predicted molar refractivity (Wildman–Crippen MR) is 141 cm³/mol. The highest BCUT2D eigenvalue weighted by molar-refractivity contribution is 5.96. The molecule has 0 aromatic heterocycles. The van der Waals surface area contributed by atoms with E-state index in [0.717, 1.165) is 0 Å². The van der Waals surface area contributed by atoms with Gasteiger partial charge in [-0.15, -0.1) is 0 Å². The van der Waals surface area contributed by atoms with Gasteiger partial charge < -0.3 is 37.8 Å². The Bertz CT molecular complexity index is 835. The van der Waals surface area contributed by atoms with E-state index in [9.17, 15) is 33.9 Å². The van der Waals surface area contributed by atoms with Crippen LogP contribution in [-0.2, 0) is 28.8 Å². The summed E-state index contributed by atoms with van der Waals surface area (Å²) in [5.74, 6) is -4.83. The number of carbonyl (C=O) groups excluding carboxylic acids is 6. The van der Waals surface area contributed by atoms with Crippen molar-refractivity contribution < 1.29 is 33.9 Å². The van der Waals surface area contributed by atoms with Gasteiger partial charge in [0.1, 0.15) is 24.2 Å². The standard InChI is InChI=1S/C25H45N6O7/c1-8-13(5)20(31-25(38)21(14(6)9-2)30-23(36)19(27)15(7)33)24(37)28-16(10-18(26)34)22(35)29-17(11-32)12(3)4/h12-17,19-21,33H,8-10,27H2,1-7H3,(H2,26,34)(H,28,37)(H,29,35)(H,30,36)(H,31,38)/t13-,14-,15+,16-,17+,19-,20-,21-/m0/s1. The first-order valence-corrected chi connectivity index (χ1v) is 12.9. The molecule has 0 saturated carbocycles. The zero-order chi connectivity index (χ0) is 29.7. The molecule has 0 aliphatic carbocycles. The summed E-state index contributed by atoms with van der Waals surface area (Å²) in [6, 6.07) is -5.81. The molecule has 0 aromatic rings. The molecule has 1 radical (unpaired) electrons. The molecular weight excluding hydrogens is 496 g/mol. The highest BCUT2D eigenvalue weighted by Crippen LogP contribution is 2.13. The van der Waals surface area contributed by atoms with E-state index in [1.54, 1.807) is 40.9 Å². The molecule has 0 aromatic carbocycles. The monoisotopic (exact) mass is 541 g/mol. The largest absolute Gasteiger partial charge is 0.391 e. The highest BCUT2D eigenvalue weighted by Gasteiger charge is 2.35. The van der Waals surface area contributed by atoms with Gasteiger partial charge in [-0.25, -0.2) is 0 Å². The van der Waals surface area contributed by atoms with Gasteiger partial charge in [0, 0.05) is 0 Å². The van der Waals surface area contributed by atoms with E-state index in [1.807, 2.05) is 6.92 Å². The third-order valence-corrected chi connectivity index (χ3v) is 6.54. The minimum Gasteiger partial charge on any atom is -0.391 e. The lowest BCUT2D eigenvalue weighted by Gasteiger charge is -2.30. The Labute approximate surface area is 224 Å². The van der Waals surface area contributed by atoms with Crippen molar-refractivity contribution in [3.63, 3.8) is 0 Å². The van der Waals surface area contributed by atoms with Gasteiger partial charge in [-0.05, 0) is 24.7 Å². The Balaban J connectivity index is 5.90. The molecule has 8 atom stereocenters. The summed E-state index contributed by atoms with van der Waals surface area (Å²) in [6.45, 7) is 11.8. The molecule has 13 nitrogen and oxygen atoms in total. The quantitative estimate of drug-likeness (QED) is 0.113. The number of hydrogen-bond acceptors (Lipinski definition) is 8. The Hall–Kier alpha value is -3.06. The molecule has 217 valence electrons. The van der Waals surface area contributed by atoms with Crippen molar-refractivity contribution >= 4 is 35.8 Å². The predicted octanol–water partition coefficient (Wildman–Crippen LogP) is -1.63. The van der Waals surface area contributed by atoms with Crippen molar-refractivity contribution in [2.45, 2.75) is 104 Å². The number of aliphatic hydroxyl groups excluding tert-OH is 1. The maximum Gasteiger partial charge on any atom is 0.243 e. The first-order chi connectivity index (χ1) is 17.6. The number of nitrogens with two attached hydrogens (primary N) is 2. The van der Waals surface area contributed by atoms with E-state index >= 15 is 0 Å². The second kappa shape index (κ2) is 16.7. The van der Waals surface area contributed by atoms with Gasteiger partial charge in [-0.2, -0.15) is 0 Å². The van der Waals surface area contributed by atoms with Crippen LogP contribution in [0.2, 0.25) is 0 Å². The maximum atomic E-state index is 13.3. The lowest BCUT2D eigenvalue weighted by Crippen LogP contribution is -2.61. The number of rotatable bonds is 17. The van der Waals surface area contributed by atoms with E-state index < -0.39 is 78.2 Å². The van der Waals surface area contributed by atoms with Crippen LogP contribution in [0, 0.1) is 17.8 Å². The highest BCUT2D eigenvalue weighted by atomic mass is 16.3. The van der Waals surface area contributed by atoms with Crippen LogP contribution < -0.4 is 32.7 Å².